The number of allylic oxidation sites excluding steroid dienone is 2. The second-order valence-corrected chi connectivity index (χ2v) is 8.41. The third-order valence-electron chi connectivity index (χ3n) is 5.82. The second kappa shape index (κ2) is 17.1. The average Bonchev–Trinajstić information content (AvgIpc) is 2.92. The second-order valence-electron chi connectivity index (χ2n) is 8.41. The molecule has 0 aliphatic heterocycles. The van der Waals surface area contributed by atoms with E-state index in [1.807, 2.05) is 76.2 Å². The zero-order chi connectivity index (χ0) is 26.9. The molecule has 0 saturated carbocycles. The van der Waals surface area contributed by atoms with E-state index in [1.165, 1.54) is 16.4 Å². The van der Waals surface area contributed by atoms with Crippen molar-refractivity contribution in [2.75, 3.05) is 0 Å². The topological polar surface area (TPSA) is 26.3 Å². The molecule has 192 valence electrons. The first-order valence-corrected chi connectivity index (χ1v) is 13.1. The van der Waals surface area contributed by atoms with Gasteiger partial charge in [-0.05, 0) is 60.4 Å². The molecular weight excluding hydrogens is 440 g/mol. The van der Waals surface area contributed by atoms with E-state index in [0.29, 0.717) is 13.0 Å². The molecule has 0 bridgehead atoms. The fraction of sp³-hybridized carbons (Fsp3) is 0.324. The van der Waals surface area contributed by atoms with E-state index in [-0.39, 0.29) is 5.78 Å². The highest BCUT2D eigenvalue weighted by molar-refractivity contribution is 5.98. The molecular formula is C34H44O2. The average molecular weight is 485 g/mol. The van der Waals surface area contributed by atoms with Crippen LogP contribution in [0.15, 0.2) is 78.4 Å². The van der Waals surface area contributed by atoms with Crippen LogP contribution in [0.5, 0.6) is 5.75 Å². The monoisotopic (exact) mass is 484 g/mol. The summed E-state index contributed by atoms with van der Waals surface area (Å²) >= 11 is 0. The van der Waals surface area contributed by atoms with Gasteiger partial charge in [0, 0.05) is 17.5 Å². The van der Waals surface area contributed by atoms with Crippen molar-refractivity contribution in [3.05, 3.63) is 111 Å². The summed E-state index contributed by atoms with van der Waals surface area (Å²) in [5, 5.41) is 2.29. The van der Waals surface area contributed by atoms with Crippen LogP contribution < -0.4 is 15.2 Å². The quantitative estimate of drug-likeness (QED) is 0.303. The predicted molar refractivity (Wildman–Crippen MR) is 157 cm³/mol. The highest BCUT2D eigenvalue weighted by Crippen LogP contribution is 2.20. The van der Waals surface area contributed by atoms with Crippen molar-refractivity contribution in [1.82, 2.24) is 0 Å². The predicted octanol–water partition coefficient (Wildman–Crippen LogP) is 7.99. The largest absolute Gasteiger partial charge is 0.489 e. The molecule has 0 atom stereocenters. The van der Waals surface area contributed by atoms with Crippen molar-refractivity contribution in [1.29, 1.82) is 0 Å². The Morgan fingerprint density at radius 3 is 2.25 bits per heavy atom. The van der Waals surface area contributed by atoms with Crippen molar-refractivity contribution >= 4 is 18.4 Å². The number of carbonyl (C=O) groups is 1. The van der Waals surface area contributed by atoms with E-state index in [0.717, 1.165) is 40.5 Å². The lowest BCUT2D eigenvalue weighted by molar-refractivity contribution is 0.0985. The minimum Gasteiger partial charge on any atom is -0.489 e. The number of carbonyl (C=O) groups excluding carboxylic acids is 1. The molecule has 0 heterocycles. The van der Waals surface area contributed by atoms with E-state index >= 15 is 0 Å². The summed E-state index contributed by atoms with van der Waals surface area (Å²) in [6.45, 7) is 18.7. The minimum absolute atomic E-state index is 0.175. The number of Topliss-reactive ketones (excluding diaryl/α,β-unsaturated/α-hetero) is 1. The van der Waals surface area contributed by atoms with Crippen molar-refractivity contribution in [3.8, 4) is 5.75 Å². The standard InChI is InChI=1S/C19H22O2.C13H16.C2H6/c1-4-15-9-7-11-17(12-15)21-13-16-10-6-8-14(3)19(16)18(20)5-2;1-4-11(2)9-10-13-8-6-5-7-12(13)3;1-2/h6-12H,4-5,13H2,1-3H3;5-10H,3-4H2,1-2H3;1-2H3/b;11-9+,13-10-;. The Balaban J connectivity index is 0.000000371. The molecule has 0 aliphatic rings. The Kier molecular flexibility index (Phi) is 14.6. The molecule has 3 aromatic rings. The lowest BCUT2D eigenvalue weighted by atomic mass is 9.97. The number of ketones is 1. The van der Waals surface area contributed by atoms with Gasteiger partial charge in [0.15, 0.2) is 5.78 Å². The van der Waals surface area contributed by atoms with Crippen molar-refractivity contribution in [2.45, 2.75) is 74.3 Å². The number of aryl methyl sites for hydroxylation is 2. The van der Waals surface area contributed by atoms with Gasteiger partial charge in [-0.25, -0.2) is 0 Å². The molecule has 2 heteroatoms. The van der Waals surface area contributed by atoms with Gasteiger partial charge in [0.1, 0.15) is 12.4 Å². The molecule has 0 fully saturated rings. The number of hydrogen-bond acceptors (Lipinski definition) is 2. The first kappa shape index (κ1) is 30.6. The number of rotatable bonds is 8. The molecule has 0 amide bonds. The fourth-order valence-corrected chi connectivity index (χ4v) is 3.49. The van der Waals surface area contributed by atoms with Crippen LogP contribution in [0, 0.1) is 6.92 Å². The van der Waals surface area contributed by atoms with Gasteiger partial charge in [-0.15, -0.1) is 0 Å². The summed E-state index contributed by atoms with van der Waals surface area (Å²) in [4.78, 5) is 12.1. The van der Waals surface area contributed by atoms with Crippen LogP contribution in [-0.2, 0) is 13.0 Å². The molecule has 0 aromatic heterocycles. The summed E-state index contributed by atoms with van der Waals surface area (Å²) in [5.74, 6) is 1.03. The smallest absolute Gasteiger partial charge is 0.163 e. The molecule has 36 heavy (non-hydrogen) atoms. The molecule has 2 nitrogen and oxygen atoms in total. The van der Waals surface area contributed by atoms with Gasteiger partial charge in [0.25, 0.3) is 0 Å². The summed E-state index contributed by atoms with van der Waals surface area (Å²) in [6.07, 6.45) is 6.89. The third-order valence-corrected chi connectivity index (χ3v) is 5.82. The number of benzene rings is 3. The van der Waals surface area contributed by atoms with Gasteiger partial charge in [-0.2, -0.15) is 0 Å². The van der Waals surface area contributed by atoms with Gasteiger partial charge in [0.05, 0.1) is 0 Å². The first-order chi connectivity index (χ1) is 17.4. The minimum atomic E-state index is 0.175. The zero-order valence-corrected chi connectivity index (χ0v) is 23.4. The molecule has 0 aliphatic carbocycles. The van der Waals surface area contributed by atoms with Crippen LogP contribution in [0.3, 0.4) is 0 Å². The Morgan fingerprint density at radius 2 is 1.61 bits per heavy atom. The Labute approximate surface area is 219 Å². The van der Waals surface area contributed by atoms with Crippen molar-refractivity contribution in [2.24, 2.45) is 0 Å². The molecule has 0 saturated heterocycles. The normalized spacial score (nSPS) is 11.1. The number of hydrogen-bond donors (Lipinski definition) is 0. The highest BCUT2D eigenvalue weighted by atomic mass is 16.5. The molecule has 0 unspecified atom stereocenters. The summed E-state index contributed by atoms with van der Waals surface area (Å²) in [5.41, 5.74) is 5.44. The number of ether oxygens (including phenoxy) is 1. The van der Waals surface area contributed by atoms with Crippen LogP contribution in [-0.4, -0.2) is 5.78 Å². The van der Waals surface area contributed by atoms with E-state index in [1.54, 1.807) is 0 Å². The maximum Gasteiger partial charge on any atom is 0.163 e. The Bertz CT molecular complexity index is 1220. The van der Waals surface area contributed by atoms with Gasteiger partial charge in [0.2, 0.25) is 0 Å². The van der Waals surface area contributed by atoms with Crippen LogP contribution in [0.25, 0.3) is 12.7 Å². The van der Waals surface area contributed by atoms with Crippen molar-refractivity contribution in [3.63, 3.8) is 0 Å². The van der Waals surface area contributed by atoms with Crippen LogP contribution in [0.4, 0.5) is 0 Å². The van der Waals surface area contributed by atoms with Gasteiger partial charge in [-0.3, -0.25) is 4.79 Å². The molecule has 3 rings (SSSR count). The van der Waals surface area contributed by atoms with Crippen LogP contribution in [0.2, 0.25) is 0 Å². The van der Waals surface area contributed by atoms with E-state index < -0.39 is 0 Å². The molecule has 0 radical (unpaired) electrons. The van der Waals surface area contributed by atoms with E-state index in [4.69, 9.17) is 4.74 Å². The summed E-state index contributed by atoms with van der Waals surface area (Å²) in [7, 11) is 0. The first-order valence-electron chi connectivity index (χ1n) is 13.1. The van der Waals surface area contributed by atoms with Gasteiger partial charge >= 0.3 is 0 Å². The summed E-state index contributed by atoms with van der Waals surface area (Å²) in [6, 6.07) is 22.2. The zero-order valence-electron chi connectivity index (χ0n) is 23.4. The van der Waals surface area contributed by atoms with Gasteiger partial charge in [-0.1, -0.05) is 114 Å². The lowest BCUT2D eigenvalue weighted by Crippen LogP contribution is -2.21. The lowest BCUT2D eigenvalue weighted by Gasteiger charge is -2.13. The molecule has 3 aromatic carbocycles. The Morgan fingerprint density at radius 1 is 0.917 bits per heavy atom. The van der Waals surface area contributed by atoms with E-state index in [9.17, 15) is 4.79 Å². The third kappa shape index (κ3) is 10.1. The van der Waals surface area contributed by atoms with Crippen LogP contribution in [0.1, 0.15) is 81.4 Å². The van der Waals surface area contributed by atoms with Gasteiger partial charge < -0.3 is 4.74 Å². The molecule has 0 N–H and O–H groups in total. The van der Waals surface area contributed by atoms with E-state index in [2.05, 4.69) is 57.7 Å². The maximum atomic E-state index is 12.1. The molecule has 0 spiro atoms. The SMILES string of the molecule is C=c1cccc/c1=C/C=C(\C)CC.CC.CCC(=O)c1c(C)cccc1COc1cccc(CC)c1. The van der Waals surface area contributed by atoms with Crippen molar-refractivity contribution < 1.29 is 9.53 Å². The van der Waals surface area contributed by atoms with Crippen LogP contribution >= 0.6 is 0 Å². The maximum absolute atomic E-state index is 12.1. The Hall–Kier alpha value is -3.39. The highest BCUT2D eigenvalue weighted by Gasteiger charge is 2.12. The summed E-state index contributed by atoms with van der Waals surface area (Å²) < 4.78 is 5.87. The fourth-order valence-electron chi connectivity index (χ4n) is 3.49.